The van der Waals surface area contributed by atoms with Crippen molar-refractivity contribution in [1.29, 1.82) is 0 Å². The fraction of sp³-hybridized carbons (Fsp3) is 0.200. The predicted molar refractivity (Wildman–Crippen MR) is 32.6 cm³/mol. The minimum absolute atomic E-state index is 0.632. The van der Waals surface area contributed by atoms with Gasteiger partial charge in [0.05, 0.1) is 11.2 Å². The minimum Gasteiger partial charge on any atom is -0.271 e. The van der Waals surface area contributed by atoms with Crippen molar-refractivity contribution in [1.82, 2.24) is 9.78 Å². The van der Waals surface area contributed by atoms with Crippen molar-refractivity contribution in [2.24, 2.45) is 0 Å². The van der Waals surface area contributed by atoms with E-state index in [1.807, 2.05) is 0 Å². The first-order valence-electron chi connectivity index (χ1n) is 2.30. The summed E-state index contributed by atoms with van der Waals surface area (Å²) in [4.78, 5) is 0. The van der Waals surface area contributed by atoms with Gasteiger partial charge in [-0.05, 0) is 6.92 Å². The van der Waals surface area contributed by atoms with Crippen LogP contribution in [0.2, 0.25) is 5.02 Å². The Labute approximate surface area is 53.1 Å². The Bertz CT molecular complexity index is 171. The molecule has 0 saturated heterocycles. The van der Waals surface area contributed by atoms with Gasteiger partial charge in [0.15, 0.2) is 0 Å². The third-order valence-corrected chi connectivity index (χ3v) is 1.03. The molecule has 0 atom stereocenters. The molecule has 0 unspecified atom stereocenters. The summed E-state index contributed by atoms with van der Waals surface area (Å²) in [7, 11) is 0. The Balaban J connectivity index is 2.84. The van der Waals surface area contributed by atoms with Gasteiger partial charge in [0.25, 0.3) is 0 Å². The summed E-state index contributed by atoms with van der Waals surface area (Å²) in [6.07, 6.45) is 3.32. The first-order chi connectivity index (χ1) is 3.83. The molecule has 0 amide bonds. The maximum absolute atomic E-state index is 5.53. The molecular weight excluding hydrogens is 124 g/mol. The van der Waals surface area contributed by atoms with E-state index in [2.05, 4.69) is 12.0 Å². The molecule has 0 aliphatic rings. The lowest BCUT2D eigenvalue weighted by molar-refractivity contribution is 0.699. The Morgan fingerprint density at radius 3 is 2.88 bits per heavy atom. The van der Waals surface area contributed by atoms with Crippen LogP contribution in [-0.2, 0) is 6.54 Å². The van der Waals surface area contributed by atoms with Gasteiger partial charge in [-0.3, -0.25) is 4.68 Å². The van der Waals surface area contributed by atoms with E-state index in [1.165, 1.54) is 0 Å². The highest BCUT2D eigenvalue weighted by molar-refractivity contribution is 6.30. The minimum atomic E-state index is 0.632. The van der Waals surface area contributed by atoms with Crippen LogP contribution in [-0.4, -0.2) is 9.78 Å². The zero-order valence-electron chi connectivity index (χ0n) is 4.34. The number of nitrogens with zero attached hydrogens (tertiary/aromatic N) is 2. The molecule has 1 radical (unpaired) electrons. The van der Waals surface area contributed by atoms with Gasteiger partial charge in [0.1, 0.15) is 0 Å². The number of rotatable bonds is 1. The Morgan fingerprint density at radius 1 is 1.88 bits per heavy atom. The molecule has 0 fully saturated rings. The van der Waals surface area contributed by atoms with Gasteiger partial charge in [-0.1, -0.05) is 11.6 Å². The standard InChI is InChI=1S/C5H6ClN2/c1-2-8-4-5(6)3-7-8/h3-4H,1-2H2. The lowest BCUT2D eigenvalue weighted by Gasteiger charge is -1.87. The lowest BCUT2D eigenvalue weighted by atomic mass is 10.7. The molecule has 0 aromatic carbocycles. The SMILES string of the molecule is [CH2]Cn1cc(Cl)cn1. The second-order valence-electron chi connectivity index (χ2n) is 1.42. The van der Waals surface area contributed by atoms with Crippen LogP contribution < -0.4 is 0 Å². The van der Waals surface area contributed by atoms with Gasteiger partial charge in [-0.15, -0.1) is 0 Å². The van der Waals surface area contributed by atoms with Gasteiger partial charge in [-0.25, -0.2) is 0 Å². The summed E-state index contributed by atoms with van der Waals surface area (Å²) in [5, 5.41) is 4.52. The Kier molecular flexibility index (Phi) is 1.53. The van der Waals surface area contributed by atoms with Crippen LogP contribution in [0.3, 0.4) is 0 Å². The normalized spacial score (nSPS) is 9.75. The maximum Gasteiger partial charge on any atom is 0.0785 e. The fourth-order valence-electron chi connectivity index (χ4n) is 0.461. The Hall–Kier alpha value is -0.500. The van der Waals surface area contributed by atoms with Crippen molar-refractivity contribution in [2.45, 2.75) is 6.54 Å². The molecule has 1 rings (SSSR count). The van der Waals surface area contributed by atoms with Crippen molar-refractivity contribution in [2.75, 3.05) is 0 Å². The van der Waals surface area contributed by atoms with Gasteiger partial charge in [-0.2, -0.15) is 5.10 Å². The lowest BCUT2D eigenvalue weighted by Crippen LogP contribution is -1.91. The summed E-state index contributed by atoms with van der Waals surface area (Å²) < 4.78 is 1.67. The average molecular weight is 130 g/mol. The molecular formula is C5H6ClN2. The molecule has 0 saturated carbocycles. The van der Waals surface area contributed by atoms with Crippen LogP contribution in [0.4, 0.5) is 0 Å². The third-order valence-electron chi connectivity index (χ3n) is 0.831. The number of halogens is 1. The van der Waals surface area contributed by atoms with E-state index in [-0.39, 0.29) is 0 Å². The molecule has 43 valence electrons. The number of hydrogen-bond acceptors (Lipinski definition) is 1. The molecule has 1 aromatic heterocycles. The van der Waals surface area contributed by atoms with Crippen molar-refractivity contribution >= 4 is 11.6 Å². The number of hydrogen-bond donors (Lipinski definition) is 0. The zero-order valence-corrected chi connectivity index (χ0v) is 5.10. The van der Waals surface area contributed by atoms with Crippen molar-refractivity contribution in [3.63, 3.8) is 0 Å². The van der Waals surface area contributed by atoms with Crippen molar-refractivity contribution < 1.29 is 0 Å². The van der Waals surface area contributed by atoms with Gasteiger partial charge in [0, 0.05) is 12.7 Å². The van der Waals surface area contributed by atoms with E-state index in [4.69, 9.17) is 11.6 Å². The molecule has 0 bridgehead atoms. The average Bonchev–Trinajstić information content (AvgIpc) is 2.14. The second-order valence-corrected chi connectivity index (χ2v) is 1.86. The highest BCUT2D eigenvalue weighted by Crippen LogP contribution is 2.03. The molecule has 1 heterocycles. The van der Waals surface area contributed by atoms with Crippen LogP contribution in [0.1, 0.15) is 0 Å². The van der Waals surface area contributed by atoms with Crippen LogP contribution >= 0.6 is 11.6 Å². The van der Waals surface area contributed by atoms with E-state index < -0.39 is 0 Å². The van der Waals surface area contributed by atoms with Crippen LogP contribution in [0.5, 0.6) is 0 Å². The smallest absolute Gasteiger partial charge is 0.0785 e. The van der Waals surface area contributed by atoms with Crippen LogP contribution in [0.15, 0.2) is 12.4 Å². The van der Waals surface area contributed by atoms with Crippen LogP contribution in [0.25, 0.3) is 0 Å². The molecule has 0 spiro atoms. The van der Waals surface area contributed by atoms with Gasteiger partial charge in [0.2, 0.25) is 0 Å². The van der Waals surface area contributed by atoms with Crippen LogP contribution in [0, 0.1) is 6.92 Å². The fourth-order valence-corrected chi connectivity index (χ4v) is 0.617. The number of aromatic nitrogens is 2. The molecule has 0 aliphatic carbocycles. The summed E-state index contributed by atoms with van der Waals surface area (Å²) in [6, 6.07) is 0. The predicted octanol–water partition coefficient (Wildman–Crippen LogP) is 1.37. The second kappa shape index (κ2) is 2.18. The third kappa shape index (κ3) is 1.01. The molecule has 0 aliphatic heterocycles. The monoisotopic (exact) mass is 129 g/mol. The summed E-state index contributed by atoms with van der Waals surface area (Å²) in [5.41, 5.74) is 0. The summed E-state index contributed by atoms with van der Waals surface area (Å²) >= 11 is 5.53. The van der Waals surface area contributed by atoms with Gasteiger partial charge < -0.3 is 0 Å². The van der Waals surface area contributed by atoms with Gasteiger partial charge >= 0.3 is 0 Å². The van der Waals surface area contributed by atoms with E-state index in [1.54, 1.807) is 17.1 Å². The summed E-state index contributed by atoms with van der Waals surface area (Å²) in [6.45, 7) is 4.24. The summed E-state index contributed by atoms with van der Waals surface area (Å²) in [5.74, 6) is 0. The highest BCUT2D eigenvalue weighted by atomic mass is 35.5. The maximum atomic E-state index is 5.53. The van der Waals surface area contributed by atoms with E-state index in [0.29, 0.717) is 11.6 Å². The van der Waals surface area contributed by atoms with E-state index >= 15 is 0 Å². The molecule has 8 heavy (non-hydrogen) atoms. The Morgan fingerprint density at radius 2 is 2.62 bits per heavy atom. The largest absolute Gasteiger partial charge is 0.271 e. The zero-order chi connectivity index (χ0) is 5.98. The van der Waals surface area contributed by atoms with Crippen molar-refractivity contribution in [3.8, 4) is 0 Å². The van der Waals surface area contributed by atoms with E-state index in [0.717, 1.165) is 0 Å². The molecule has 0 N–H and O–H groups in total. The van der Waals surface area contributed by atoms with E-state index in [9.17, 15) is 0 Å². The highest BCUT2D eigenvalue weighted by Gasteiger charge is 1.88. The topological polar surface area (TPSA) is 17.8 Å². The molecule has 1 aromatic rings. The molecule has 2 nitrogen and oxygen atoms in total. The van der Waals surface area contributed by atoms with Crippen molar-refractivity contribution in [3.05, 3.63) is 24.3 Å². The molecule has 3 heteroatoms. The first kappa shape index (κ1) is 5.63. The first-order valence-corrected chi connectivity index (χ1v) is 2.68. The quantitative estimate of drug-likeness (QED) is 0.560.